The first-order valence-corrected chi connectivity index (χ1v) is 6.10. The molecule has 0 aromatic rings. The third-order valence-corrected chi connectivity index (χ3v) is 2.95. The van der Waals surface area contributed by atoms with Gasteiger partial charge in [-0.3, -0.25) is 9.69 Å². The Balaban J connectivity index is 2.64. The van der Waals surface area contributed by atoms with E-state index in [0.717, 1.165) is 19.5 Å². The Morgan fingerprint density at radius 3 is 2.69 bits per heavy atom. The van der Waals surface area contributed by atoms with Gasteiger partial charge in [0, 0.05) is 12.6 Å². The van der Waals surface area contributed by atoms with Gasteiger partial charge in [-0.05, 0) is 18.9 Å². The van der Waals surface area contributed by atoms with Crippen LogP contribution in [0.25, 0.3) is 0 Å². The zero-order valence-corrected chi connectivity index (χ0v) is 10.5. The van der Waals surface area contributed by atoms with Crippen LogP contribution < -0.4 is 0 Å². The molecule has 4 nitrogen and oxygen atoms in total. The van der Waals surface area contributed by atoms with E-state index in [2.05, 4.69) is 25.7 Å². The maximum absolute atomic E-state index is 11.1. The van der Waals surface area contributed by atoms with Gasteiger partial charge in [-0.1, -0.05) is 20.8 Å². The van der Waals surface area contributed by atoms with Crippen molar-refractivity contribution in [1.29, 1.82) is 0 Å². The van der Waals surface area contributed by atoms with E-state index in [1.54, 1.807) is 0 Å². The molecule has 1 fully saturated rings. The van der Waals surface area contributed by atoms with Crippen LogP contribution in [-0.4, -0.2) is 48.3 Å². The molecule has 0 bridgehead atoms. The van der Waals surface area contributed by atoms with Crippen LogP contribution in [0.5, 0.6) is 0 Å². The highest BCUT2D eigenvalue weighted by molar-refractivity contribution is 5.71. The van der Waals surface area contributed by atoms with Crippen LogP contribution in [0.4, 0.5) is 0 Å². The number of nitrogens with zero attached hydrogens (tertiary/aromatic N) is 1. The van der Waals surface area contributed by atoms with Gasteiger partial charge in [0.2, 0.25) is 0 Å². The van der Waals surface area contributed by atoms with Gasteiger partial charge < -0.3 is 9.84 Å². The fourth-order valence-electron chi connectivity index (χ4n) is 2.29. The smallest absolute Gasteiger partial charge is 0.310 e. The maximum Gasteiger partial charge on any atom is 0.310 e. The zero-order valence-electron chi connectivity index (χ0n) is 10.5. The molecule has 1 aliphatic heterocycles. The summed E-state index contributed by atoms with van der Waals surface area (Å²) in [5, 5.41) is 9.13. The van der Waals surface area contributed by atoms with Crippen molar-refractivity contribution in [2.24, 2.45) is 11.8 Å². The number of carbonyl (C=O) groups is 1. The largest absolute Gasteiger partial charge is 0.481 e. The van der Waals surface area contributed by atoms with Crippen LogP contribution in [0.1, 0.15) is 27.2 Å². The first-order chi connectivity index (χ1) is 7.56. The lowest BCUT2D eigenvalue weighted by atomic mass is 10.0. The van der Waals surface area contributed by atoms with Crippen molar-refractivity contribution in [1.82, 2.24) is 4.90 Å². The van der Waals surface area contributed by atoms with Crippen LogP contribution in [0.15, 0.2) is 0 Å². The van der Waals surface area contributed by atoms with E-state index < -0.39 is 5.97 Å². The summed E-state index contributed by atoms with van der Waals surface area (Å²) >= 11 is 0. The minimum absolute atomic E-state index is 0.0554. The van der Waals surface area contributed by atoms with Gasteiger partial charge >= 0.3 is 5.97 Å². The van der Waals surface area contributed by atoms with Crippen molar-refractivity contribution >= 4 is 5.97 Å². The Hall–Kier alpha value is -0.610. The van der Waals surface area contributed by atoms with Crippen molar-refractivity contribution in [2.75, 3.05) is 26.3 Å². The molecule has 4 heteroatoms. The monoisotopic (exact) mass is 229 g/mol. The van der Waals surface area contributed by atoms with Crippen LogP contribution in [0, 0.1) is 11.8 Å². The second-order valence-electron chi connectivity index (χ2n) is 4.94. The Kier molecular flexibility index (Phi) is 5.22. The molecule has 1 N–H and O–H groups in total. The summed E-state index contributed by atoms with van der Waals surface area (Å²) in [4.78, 5) is 13.4. The quantitative estimate of drug-likeness (QED) is 0.749. The minimum Gasteiger partial charge on any atom is -0.481 e. The zero-order chi connectivity index (χ0) is 12.1. The molecule has 0 aliphatic carbocycles. The lowest BCUT2D eigenvalue weighted by Crippen LogP contribution is -2.45. The van der Waals surface area contributed by atoms with Gasteiger partial charge in [0.1, 0.15) is 0 Å². The molecule has 0 radical (unpaired) electrons. The molecule has 1 heterocycles. The molecule has 94 valence electrons. The van der Waals surface area contributed by atoms with Gasteiger partial charge in [0.15, 0.2) is 0 Å². The maximum atomic E-state index is 11.1. The summed E-state index contributed by atoms with van der Waals surface area (Å²) in [7, 11) is 0. The van der Waals surface area contributed by atoms with E-state index in [1.807, 2.05) is 0 Å². The summed E-state index contributed by atoms with van der Waals surface area (Å²) in [6, 6.07) is 0.0554. The lowest BCUT2D eigenvalue weighted by Gasteiger charge is -2.31. The van der Waals surface area contributed by atoms with Crippen molar-refractivity contribution in [3.63, 3.8) is 0 Å². The van der Waals surface area contributed by atoms with Crippen LogP contribution in [0.3, 0.4) is 0 Å². The summed E-state index contributed by atoms with van der Waals surface area (Å²) in [6.45, 7) is 9.27. The molecular formula is C12H23NO3. The molecule has 16 heavy (non-hydrogen) atoms. The average Bonchev–Trinajstić information content (AvgIpc) is 2.64. The van der Waals surface area contributed by atoms with Gasteiger partial charge in [-0.15, -0.1) is 0 Å². The molecule has 0 aromatic carbocycles. The standard InChI is InChI=1S/C12H23NO3/c1-4-5-13(6-9(2)3)11-8-16-7-10(11)12(14)15/h9-11H,4-8H2,1-3H3,(H,14,15). The molecule has 2 unspecified atom stereocenters. The number of hydrogen-bond acceptors (Lipinski definition) is 3. The topological polar surface area (TPSA) is 49.8 Å². The normalized spacial score (nSPS) is 25.6. The molecule has 1 saturated heterocycles. The van der Waals surface area contributed by atoms with Gasteiger partial charge in [-0.2, -0.15) is 0 Å². The number of ether oxygens (including phenoxy) is 1. The van der Waals surface area contributed by atoms with Crippen molar-refractivity contribution in [3.8, 4) is 0 Å². The van der Waals surface area contributed by atoms with E-state index in [0.29, 0.717) is 19.1 Å². The average molecular weight is 229 g/mol. The molecule has 0 spiro atoms. The highest BCUT2D eigenvalue weighted by Gasteiger charge is 2.37. The third kappa shape index (κ3) is 3.46. The number of aliphatic carboxylic acids is 1. The number of carboxylic acids is 1. The van der Waals surface area contributed by atoms with Gasteiger partial charge in [0.25, 0.3) is 0 Å². The van der Waals surface area contributed by atoms with Crippen molar-refractivity contribution < 1.29 is 14.6 Å². The summed E-state index contributed by atoms with van der Waals surface area (Å²) in [6.07, 6.45) is 1.05. The van der Waals surface area contributed by atoms with Crippen LogP contribution in [0.2, 0.25) is 0 Å². The van der Waals surface area contributed by atoms with Gasteiger partial charge in [-0.25, -0.2) is 0 Å². The fraction of sp³-hybridized carbons (Fsp3) is 0.917. The molecule has 1 aliphatic rings. The molecular weight excluding hydrogens is 206 g/mol. The number of rotatable bonds is 6. The third-order valence-electron chi connectivity index (χ3n) is 2.95. The number of carboxylic acid groups (broad SMARTS) is 1. The highest BCUT2D eigenvalue weighted by Crippen LogP contribution is 2.21. The number of hydrogen-bond donors (Lipinski definition) is 1. The second kappa shape index (κ2) is 6.21. The SMILES string of the molecule is CCCN(CC(C)C)C1COCC1C(=O)O. The van der Waals surface area contributed by atoms with Crippen molar-refractivity contribution in [3.05, 3.63) is 0 Å². The van der Waals surface area contributed by atoms with E-state index in [1.165, 1.54) is 0 Å². The predicted molar refractivity (Wildman–Crippen MR) is 62.4 cm³/mol. The highest BCUT2D eigenvalue weighted by atomic mass is 16.5. The predicted octanol–water partition coefficient (Wildman–Crippen LogP) is 1.45. The van der Waals surface area contributed by atoms with Crippen LogP contribution in [-0.2, 0) is 9.53 Å². The first-order valence-electron chi connectivity index (χ1n) is 6.10. The molecule has 0 aromatic heterocycles. The molecule has 0 saturated carbocycles. The molecule has 0 amide bonds. The second-order valence-corrected chi connectivity index (χ2v) is 4.94. The Bertz CT molecular complexity index is 230. The van der Waals surface area contributed by atoms with E-state index in [4.69, 9.17) is 9.84 Å². The lowest BCUT2D eigenvalue weighted by molar-refractivity contribution is -0.143. The molecule has 1 rings (SSSR count). The summed E-state index contributed by atoms with van der Waals surface area (Å²) in [5.41, 5.74) is 0. The van der Waals surface area contributed by atoms with E-state index in [9.17, 15) is 4.79 Å². The van der Waals surface area contributed by atoms with Crippen molar-refractivity contribution in [2.45, 2.75) is 33.2 Å². The minimum atomic E-state index is -0.729. The van der Waals surface area contributed by atoms with Gasteiger partial charge in [0.05, 0.1) is 19.1 Å². The first kappa shape index (κ1) is 13.5. The van der Waals surface area contributed by atoms with E-state index >= 15 is 0 Å². The Morgan fingerprint density at radius 1 is 1.50 bits per heavy atom. The van der Waals surface area contributed by atoms with E-state index in [-0.39, 0.29) is 12.0 Å². The fourth-order valence-corrected chi connectivity index (χ4v) is 2.29. The Morgan fingerprint density at radius 2 is 2.19 bits per heavy atom. The molecule has 2 atom stereocenters. The Labute approximate surface area is 97.6 Å². The van der Waals surface area contributed by atoms with Crippen LogP contribution >= 0.6 is 0 Å². The summed E-state index contributed by atoms with van der Waals surface area (Å²) in [5.74, 6) is -0.528. The summed E-state index contributed by atoms with van der Waals surface area (Å²) < 4.78 is 5.32.